The first kappa shape index (κ1) is 28.4. The van der Waals surface area contributed by atoms with Gasteiger partial charge in [-0.1, -0.05) is 103 Å². The summed E-state index contributed by atoms with van der Waals surface area (Å²) >= 11 is 0. The van der Waals surface area contributed by atoms with E-state index in [1.165, 1.54) is 83.5 Å². The van der Waals surface area contributed by atoms with Gasteiger partial charge in [0.1, 0.15) is 5.97 Å². The van der Waals surface area contributed by atoms with Gasteiger partial charge in [-0.2, -0.15) is 0 Å². The number of unbranched alkanes of at least 4 members (excludes halogenated alkanes) is 15. The Morgan fingerprint density at radius 2 is 1.03 bits per heavy atom. The zero-order chi connectivity index (χ0) is 22.2. The molecule has 0 aliphatic carbocycles. The van der Waals surface area contributed by atoms with Gasteiger partial charge in [-0.05, 0) is 6.42 Å². The lowest BCUT2D eigenvalue weighted by atomic mass is 9.97. The maximum atomic E-state index is 11.3. The lowest BCUT2D eigenvalue weighted by Crippen LogP contribution is -2.66. The lowest BCUT2D eigenvalue weighted by Gasteiger charge is -2.41. The third-order valence-corrected chi connectivity index (χ3v) is 5.83. The average molecular weight is 416 g/mol. The smallest absolute Gasteiger partial charge is 0.222 e. The third kappa shape index (κ3) is 14.9. The van der Waals surface area contributed by atoms with Crippen LogP contribution in [-0.2, 0) is 4.79 Å². The zero-order valence-electron chi connectivity index (χ0n) is 19.8. The molecule has 0 radical (unpaired) electrons. The second-order valence-corrected chi connectivity index (χ2v) is 9.77. The van der Waals surface area contributed by atoms with Crippen LogP contribution in [0.25, 0.3) is 0 Å². The van der Waals surface area contributed by atoms with Crippen molar-refractivity contribution in [1.29, 1.82) is 0 Å². The second kappa shape index (κ2) is 16.1. The van der Waals surface area contributed by atoms with E-state index in [-0.39, 0.29) is 10.9 Å². The summed E-state index contributed by atoms with van der Waals surface area (Å²) in [4.78, 5) is 11.3. The maximum absolute atomic E-state index is 11.3. The van der Waals surface area contributed by atoms with Gasteiger partial charge in [0.05, 0.1) is 21.1 Å². The Bertz CT molecular complexity index is 404. The van der Waals surface area contributed by atoms with Crippen molar-refractivity contribution in [2.45, 2.75) is 128 Å². The van der Waals surface area contributed by atoms with Gasteiger partial charge in [-0.3, -0.25) is 0 Å². The van der Waals surface area contributed by atoms with Gasteiger partial charge in [0, 0.05) is 6.42 Å². The Hall–Kier alpha value is -0.650. The summed E-state index contributed by atoms with van der Waals surface area (Å²) in [6.45, 7) is 2.26. The molecule has 5 heteroatoms. The van der Waals surface area contributed by atoms with E-state index in [1.807, 2.05) is 0 Å². The highest BCUT2D eigenvalue weighted by atomic mass is 16.5. The molecule has 0 amide bonds. The van der Waals surface area contributed by atoms with Crippen LogP contribution in [-0.4, -0.2) is 53.6 Å². The van der Waals surface area contributed by atoms with Crippen LogP contribution in [0.4, 0.5) is 0 Å². The number of carbonyl (C=O) groups is 1. The molecule has 5 nitrogen and oxygen atoms in total. The van der Waals surface area contributed by atoms with Crippen LogP contribution in [0.3, 0.4) is 0 Å². The van der Waals surface area contributed by atoms with Crippen LogP contribution in [0.5, 0.6) is 0 Å². The number of likely N-dealkylation sites (N-methyl/N-ethyl adjacent to an activating group) is 1. The molecule has 1 atom stereocenters. The molecule has 0 fully saturated rings. The second-order valence-electron chi connectivity index (χ2n) is 9.77. The van der Waals surface area contributed by atoms with Gasteiger partial charge in [-0.25, -0.2) is 0 Å². The standard InChI is InChI=1S/C24H49NO4/c1-5-6-7-8-9-10-11-12-13-14-15-16-17-18-19-20-21-24(28,29)22(23(26)27)25(2,3)4/h22,28-29H,5-21H2,1-4H3. The van der Waals surface area contributed by atoms with Crippen molar-refractivity contribution in [3.8, 4) is 0 Å². The Kier molecular flexibility index (Phi) is 15.7. The summed E-state index contributed by atoms with van der Waals surface area (Å²) < 4.78 is -0.0752. The van der Waals surface area contributed by atoms with Crippen molar-refractivity contribution in [1.82, 2.24) is 0 Å². The van der Waals surface area contributed by atoms with Crippen LogP contribution in [0.15, 0.2) is 0 Å². The number of aliphatic hydroxyl groups is 2. The quantitative estimate of drug-likeness (QED) is 0.178. The summed E-state index contributed by atoms with van der Waals surface area (Å²) in [5, 5.41) is 31.7. The van der Waals surface area contributed by atoms with E-state index in [0.29, 0.717) is 6.42 Å². The Morgan fingerprint density at radius 1 is 0.724 bits per heavy atom. The minimum absolute atomic E-state index is 0.0691. The number of carboxylic acid groups (broad SMARTS) is 1. The number of rotatable bonds is 20. The zero-order valence-corrected chi connectivity index (χ0v) is 19.8. The number of carbonyl (C=O) groups excluding carboxylic acids is 1. The minimum atomic E-state index is -2.23. The SMILES string of the molecule is CCCCCCCCCCCCCCCCCCC(O)(O)C(C(=O)[O-])[N+](C)(C)C. The average Bonchev–Trinajstić information content (AvgIpc) is 2.59. The molecule has 0 aliphatic heterocycles. The van der Waals surface area contributed by atoms with Crippen molar-refractivity contribution < 1.29 is 24.6 Å². The van der Waals surface area contributed by atoms with Crippen molar-refractivity contribution in [2.24, 2.45) is 0 Å². The lowest BCUT2D eigenvalue weighted by molar-refractivity contribution is -0.901. The van der Waals surface area contributed by atoms with Crippen LogP contribution >= 0.6 is 0 Å². The normalized spacial score (nSPS) is 13.6. The van der Waals surface area contributed by atoms with Crippen LogP contribution in [0.2, 0.25) is 0 Å². The summed E-state index contributed by atoms with van der Waals surface area (Å²) in [7, 11) is 4.90. The number of hydrogen-bond acceptors (Lipinski definition) is 4. The molecular weight excluding hydrogens is 366 g/mol. The molecule has 2 N–H and O–H groups in total. The molecule has 0 heterocycles. The van der Waals surface area contributed by atoms with E-state index in [4.69, 9.17) is 0 Å². The summed E-state index contributed by atoms with van der Waals surface area (Å²) in [6, 6.07) is -1.35. The van der Waals surface area contributed by atoms with E-state index in [1.54, 1.807) is 21.1 Å². The van der Waals surface area contributed by atoms with Crippen molar-refractivity contribution in [3.05, 3.63) is 0 Å². The number of carboxylic acids is 1. The molecular formula is C24H49NO4. The molecule has 0 saturated heterocycles. The molecule has 0 spiro atoms. The van der Waals surface area contributed by atoms with Gasteiger partial charge < -0.3 is 24.6 Å². The number of hydrogen-bond donors (Lipinski definition) is 2. The monoisotopic (exact) mass is 415 g/mol. The molecule has 29 heavy (non-hydrogen) atoms. The fraction of sp³-hybridized carbons (Fsp3) is 0.958. The van der Waals surface area contributed by atoms with Crippen LogP contribution in [0, 0.1) is 0 Å². The van der Waals surface area contributed by atoms with Crippen molar-refractivity contribution in [3.63, 3.8) is 0 Å². The maximum Gasteiger partial charge on any atom is 0.222 e. The van der Waals surface area contributed by atoms with E-state index in [9.17, 15) is 20.1 Å². The molecule has 1 unspecified atom stereocenters. The van der Waals surface area contributed by atoms with Crippen molar-refractivity contribution in [2.75, 3.05) is 21.1 Å². The number of quaternary nitrogens is 1. The molecule has 174 valence electrons. The Labute approximate surface area is 180 Å². The van der Waals surface area contributed by atoms with Gasteiger partial charge in [0.2, 0.25) is 5.79 Å². The first-order chi connectivity index (χ1) is 13.6. The molecule has 0 aromatic carbocycles. The fourth-order valence-electron chi connectivity index (χ4n) is 4.20. The van der Waals surface area contributed by atoms with Crippen LogP contribution in [0.1, 0.15) is 116 Å². The molecule has 0 aromatic heterocycles. The molecule has 0 saturated carbocycles. The van der Waals surface area contributed by atoms with Gasteiger partial charge in [0.15, 0.2) is 6.04 Å². The summed E-state index contributed by atoms with van der Waals surface area (Å²) in [6.07, 6.45) is 20.1. The van der Waals surface area contributed by atoms with E-state index < -0.39 is 17.8 Å². The highest BCUT2D eigenvalue weighted by molar-refractivity contribution is 5.71. The highest BCUT2D eigenvalue weighted by Crippen LogP contribution is 2.23. The first-order valence-electron chi connectivity index (χ1n) is 12.1. The van der Waals surface area contributed by atoms with Crippen LogP contribution < -0.4 is 5.11 Å². The highest BCUT2D eigenvalue weighted by Gasteiger charge is 2.44. The van der Waals surface area contributed by atoms with E-state index >= 15 is 0 Å². The third-order valence-electron chi connectivity index (χ3n) is 5.83. The van der Waals surface area contributed by atoms with Gasteiger partial charge in [-0.15, -0.1) is 0 Å². The number of aliphatic carboxylic acids is 1. The molecule has 0 aliphatic rings. The van der Waals surface area contributed by atoms with Gasteiger partial charge in [0.25, 0.3) is 0 Å². The van der Waals surface area contributed by atoms with E-state index in [0.717, 1.165) is 12.8 Å². The van der Waals surface area contributed by atoms with Crippen molar-refractivity contribution >= 4 is 5.97 Å². The van der Waals surface area contributed by atoms with E-state index in [2.05, 4.69) is 6.92 Å². The largest absolute Gasteiger partial charge is 0.544 e. The Morgan fingerprint density at radius 3 is 1.31 bits per heavy atom. The fourth-order valence-corrected chi connectivity index (χ4v) is 4.20. The first-order valence-corrected chi connectivity index (χ1v) is 12.1. The molecule has 0 aromatic rings. The molecule has 0 bridgehead atoms. The molecule has 0 rings (SSSR count). The van der Waals surface area contributed by atoms with Gasteiger partial charge >= 0.3 is 0 Å². The Balaban J connectivity index is 3.58. The summed E-state index contributed by atoms with van der Waals surface area (Å²) in [5.74, 6) is -3.65. The predicted octanol–water partition coefficient (Wildman–Crippen LogP) is 4.14. The number of nitrogens with zero attached hydrogens (tertiary/aromatic N) is 1. The predicted molar refractivity (Wildman–Crippen MR) is 118 cm³/mol. The summed E-state index contributed by atoms with van der Waals surface area (Å²) in [5.41, 5.74) is 0. The topological polar surface area (TPSA) is 80.6 Å². The minimum Gasteiger partial charge on any atom is -0.544 e.